The highest BCUT2D eigenvalue weighted by molar-refractivity contribution is 7.21. The third-order valence-electron chi connectivity index (χ3n) is 3.78. The normalized spacial score (nSPS) is 19.2. The first-order valence-electron chi connectivity index (χ1n) is 6.88. The molecule has 0 amide bonds. The van der Waals surface area contributed by atoms with Gasteiger partial charge in [-0.3, -0.25) is 4.79 Å². The van der Waals surface area contributed by atoms with Crippen molar-refractivity contribution in [2.24, 2.45) is 0 Å². The number of thiophene rings is 1. The highest BCUT2D eigenvalue weighted by atomic mass is 32.1. The number of benzene rings is 1. The summed E-state index contributed by atoms with van der Waals surface area (Å²) in [7, 11) is 0. The molecule has 1 aromatic carbocycles. The Bertz CT molecular complexity index is 671. The molecule has 0 aliphatic heterocycles. The van der Waals surface area contributed by atoms with Crippen molar-refractivity contribution in [1.82, 2.24) is 0 Å². The van der Waals surface area contributed by atoms with Crippen LogP contribution in [-0.2, 0) is 9.53 Å². The molecule has 3 nitrogen and oxygen atoms in total. The second kappa shape index (κ2) is 5.37. The van der Waals surface area contributed by atoms with Crippen LogP contribution in [0.15, 0.2) is 24.3 Å². The van der Waals surface area contributed by atoms with E-state index in [1.807, 2.05) is 31.2 Å². The predicted molar refractivity (Wildman–Crippen MR) is 79.2 cm³/mol. The van der Waals surface area contributed by atoms with Crippen molar-refractivity contribution in [3.05, 3.63) is 34.7 Å². The van der Waals surface area contributed by atoms with Gasteiger partial charge < -0.3 is 4.74 Å². The molecule has 20 heavy (non-hydrogen) atoms. The van der Waals surface area contributed by atoms with Crippen LogP contribution in [0.2, 0.25) is 0 Å². The minimum atomic E-state index is -0.541. The Balaban J connectivity index is 1.85. The predicted octanol–water partition coefficient (Wildman–Crippen LogP) is 3.88. The van der Waals surface area contributed by atoms with Crippen molar-refractivity contribution in [2.75, 3.05) is 0 Å². The van der Waals surface area contributed by atoms with Crippen molar-refractivity contribution < 1.29 is 14.3 Å². The molecule has 0 N–H and O–H groups in total. The van der Waals surface area contributed by atoms with Gasteiger partial charge in [0.25, 0.3) is 0 Å². The van der Waals surface area contributed by atoms with E-state index in [0.29, 0.717) is 17.7 Å². The van der Waals surface area contributed by atoms with E-state index in [1.54, 1.807) is 0 Å². The fourth-order valence-electron chi connectivity index (χ4n) is 2.63. The Hall–Kier alpha value is -1.68. The molecule has 1 aliphatic carbocycles. The van der Waals surface area contributed by atoms with Crippen molar-refractivity contribution in [1.29, 1.82) is 0 Å². The monoisotopic (exact) mass is 288 g/mol. The summed E-state index contributed by atoms with van der Waals surface area (Å²) >= 11 is 1.44. The van der Waals surface area contributed by atoms with Crippen molar-refractivity contribution in [3.63, 3.8) is 0 Å². The molecule has 1 atom stereocenters. The second-order valence-corrected chi connectivity index (χ2v) is 6.21. The molecule has 4 heteroatoms. The summed E-state index contributed by atoms with van der Waals surface area (Å²) in [6.07, 6.45) is 2.52. The molecular formula is C16H16O3S. The molecular weight excluding hydrogens is 272 g/mol. The lowest BCUT2D eigenvalue weighted by Gasteiger charge is -2.20. The summed E-state index contributed by atoms with van der Waals surface area (Å²) in [6.45, 7) is 1.93. The van der Waals surface area contributed by atoms with Crippen molar-refractivity contribution in [3.8, 4) is 0 Å². The van der Waals surface area contributed by atoms with Gasteiger partial charge >= 0.3 is 5.97 Å². The Morgan fingerprint density at radius 2 is 2.10 bits per heavy atom. The molecule has 0 spiro atoms. The zero-order valence-electron chi connectivity index (χ0n) is 11.3. The molecule has 3 rings (SSSR count). The third kappa shape index (κ3) is 2.36. The lowest BCUT2D eigenvalue weighted by molar-refractivity contribution is -0.129. The first-order valence-corrected chi connectivity index (χ1v) is 7.70. The van der Waals surface area contributed by atoms with Crippen LogP contribution in [0, 0.1) is 6.92 Å². The molecule has 1 saturated carbocycles. The average Bonchev–Trinajstić information content (AvgIpc) is 2.79. The fourth-order valence-corrected chi connectivity index (χ4v) is 3.72. The molecule has 2 aromatic rings. The van der Waals surface area contributed by atoms with E-state index in [9.17, 15) is 9.59 Å². The molecule has 1 heterocycles. The van der Waals surface area contributed by atoms with E-state index >= 15 is 0 Å². The van der Waals surface area contributed by atoms with Gasteiger partial charge in [0.1, 0.15) is 4.88 Å². The highest BCUT2D eigenvalue weighted by Crippen LogP contribution is 2.31. The number of ketones is 1. The Morgan fingerprint density at radius 1 is 1.30 bits per heavy atom. The van der Waals surface area contributed by atoms with Crippen molar-refractivity contribution in [2.45, 2.75) is 38.7 Å². The van der Waals surface area contributed by atoms with Gasteiger partial charge in [0.05, 0.1) is 0 Å². The number of fused-ring (bicyclic) bond motifs is 1. The quantitative estimate of drug-likeness (QED) is 0.788. The van der Waals surface area contributed by atoms with Gasteiger partial charge in [-0.2, -0.15) is 0 Å². The second-order valence-electron chi connectivity index (χ2n) is 5.16. The number of rotatable bonds is 2. The van der Waals surface area contributed by atoms with E-state index in [1.165, 1.54) is 11.3 Å². The van der Waals surface area contributed by atoms with E-state index in [0.717, 1.165) is 28.5 Å². The number of carbonyl (C=O) groups excluding carboxylic acids is 2. The van der Waals surface area contributed by atoms with E-state index in [4.69, 9.17) is 4.74 Å². The molecule has 104 valence electrons. The van der Waals surface area contributed by atoms with E-state index in [2.05, 4.69) is 0 Å². The molecule has 0 saturated heterocycles. The number of esters is 1. The number of ether oxygens (including phenoxy) is 1. The Morgan fingerprint density at radius 3 is 2.85 bits per heavy atom. The van der Waals surface area contributed by atoms with Crippen LogP contribution in [0.25, 0.3) is 10.1 Å². The summed E-state index contributed by atoms with van der Waals surface area (Å²) in [4.78, 5) is 24.6. The lowest BCUT2D eigenvalue weighted by atomic mass is 9.96. The van der Waals surface area contributed by atoms with Gasteiger partial charge in [-0.05, 0) is 43.2 Å². The lowest BCUT2D eigenvalue weighted by Crippen LogP contribution is -2.30. The first-order chi connectivity index (χ1) is 9.66. The van der Waals surface area contributed by atoms with E-state index in [-0.39, 0.29) is 11.8 Å². The SMILES string of the molecule is Cc1c(C(=O)O[C@@H]2CCCCC2=O)sc2ccccc12. The summed E-state index contributed by atoms with van der Waals surface area (Å²) in [6, 6.07) is 7.92. The Kier molecular flexibility index (Phi) is 3.57. The number of hydrogen-bond donors (Lipinski definition) is 0. The van der Waals surface area contributed by atoms with Gasteiger partial charge in [-0.25, -0.2) is 4.79 Å². The number of aryl methyl sites for hydroxylation is 1. The minimum Gasteiger partial charge on any atom is -0.450 e. The smallest absolute Gasteiger partial charge is 0.349 e. The maximum Gasteiger partial charge on any atom is 0.349 e. The summed E-state index contributed by atoms with van der Waals surface area (Å²) < 4.78 is 6.50. The van der Waals surface area contributed by atoms with E-state index < -0.39 is 6.10 Å². The zero-order valence-corrected chi connectivity index (χ0v) is 12.2. The fraction of sp³-hybridized carbons (Fsp3) is 0.375. The molecule has 0 radical (unpaired) electrons. The maximum absolute atomic E-state index is 12.3. The Labute approximate surface area is 121 Å². The largest absolute Gasteiger partial charge is 0.450 e. The number of Topliss-reactive ketones (excluding diaryl/α,β-unsaturated/α-hetero) is 1. The van der Waals surface area contributed by atoms with Crippen LogP contribution in [0.1, 0.15) is 40.9 Å². The summed E-state index contributed by atoms with van der Waals surface area (Å²) in [5.74, 6) is -0.299. The molecule has 1 fully saturated rings. The summed E-state index contributed by atoms with van der Waals surface area (Å²) in [5.41, 5.74) is 0.943. The van der Waals surface area contributed by atoms with Gasteiger partial charge in [0.15, 0.2) is 11.9 Å². The van der Waals surface area contributed by atoms with Gasteiger partial charge in [-0.1, -0.05) is 18.2 Å². The summed E-state index contributed by atoms with van der Waals surface area (Å²) in [5, 5.41) is 1.08. The topological polar surface area (TPSA) is 43.4 Å². The number of hydrogen-bond acceptors (Lipinski definition) is 4. The van der Waals surface area contributed by atoms with Crippen LogP contribution in [-0.4, -0.2) is 17.9 Å². The maximum atomic E-state index is 12.3. The average molecular weight is 288 g/mol. The molecule has 1 aliphatic rings. The first kappa shape index (κ1) is 13.3. The minimum absolute atomic E-state index is 0.0587. The van der Waals surface area contributed by atoms with Crippen LogP contribution < -0.4 is 0 Å². The van der Waals surface area contributed by atoms with Crippen molar-refractivity contribution >= 4 is 33.2 Å². The number of carbonyl (C=O) groups is 2. The zero-order chi connectivity index (χ0) is 14.1. The third-order valence-corrected chi connectivity index (χ3v) is 5.03. The van der Waals surface area contributed by atoms with Gasteiger partial charge in [0.2, 0.25) is 0 Å². The van der Waals surface area contributed by atoms with Crippen LogP contribution in [0.5, 0.6) is 0 Å². The standard InChI is InChI=1S/C16H16O3S/c1-10-11-6-2-5-9-14(11)20-15(10)16(18)19-13-8-4-3-7-12(13)17/h2,5-6,9,13H,3-4,7-8H2,1H3/t13-/m1/s1. The van der Waals surface area contributed by atoms with Crippen LogP contribution >= 0.6 is 11.3 Å². The van der Waals surface area contributed by atoms with Gasteiger partial charge in [0, 0.05) is 11.1 Å². The van der Waals surface area contributed by atoms with Gasteiger partial charge in [-0.15, -0.1) is 11.3 Å². The highest BCUT2D eigenvalue weighted by Gasteiger charge is 2.27. The molecule has 1 aromatic heterocycles. The van der Waals surface area contributed by atoms with Crippen LogP contribution in [0.3, 0.4) is 0 Å². The molecule has 0 bridgehead atoms. The van der Waals surface area contributed by atoms with Crippen LogP contribution in [0.4, 0.5) is 0 Å². The molecule has 0 unspecified atom stereocenters.